The van der Waals surface area contributed by atoms with Gasteiger partial charge in [0.2, 0.25) is 0 Å². The predicted molar refractivity (Wildman–Crippen MR) is 83.7 cm³/mol. The average Bonchev–Trinajstić information content (AvgIpc) is 2.45. The molecule has 3 atom stereocenters. The quantitative estimate of drug-likeness (QED) is 0.687. The highest BCUT2D eigenvalue weighted by atomic mass is 16.1. The number of carbonyl (C=O) groups excluding carboxylic acids is 2. The Hall–Kier alpha value is -1.95. The molecule has 0 saturated heterocycles. The van der Waals surface area contributed by atoms with Gasteiger partial charge in [0.25, 0.3) is 0 Å². The Bertz CT molecular complexity index is 716. The molecule has 1 saturated carbocycles. The van der Waals surface area contributed by atoms with Crippen molar-refractivity contribution in [2.75, 3.05) is 0 Å². The number of hydrogen-bond donors (Lipinski definition) is 0. The molecule has 0 amide bonds. The third-order valence-corrected chi connectivity index (χ3v) is 6.04. The zero-order valence-electron chi connectivity index (χ0n) is 13.6. The van der Waals surface area contributed by atoms with Crippen LogP contribution in [0.25, 0.3) is 0 Å². The van der Waals surface area contributed by atoms with Gasteiger partial charge in [-0.2, -0.15) is 5.26 Å². The number of hydrogen-bond acceptors (Lipinski definition) is 3. The van der Waals surface area contributed by atoms with Crippen molar-refractivity contribution in [2.24, 2.45) is 22.2 Å². The molecule has 0 aromatic carbocycles. The van der Waals surface area contributed by atoms with Crippen LogP contribution < -0.4 is 0 Å². The van der Waals surface area contributed by atoms with Gasteiger partial charge in [-0.25, -0.2) is 0 Å². The van der Waals surface area contributed by atoms with Crippen LogP contribution in [0.1, 0.15) is 40.5 Å². The number of allylic oxidation sites excluding steroid dienone is 6. The molecule has 1 unspecified atom stereocenters. The molecule has 22 heavy (non-hydrogen) atoms. The summed E-state index contributed by atoms with van der Waals surface area (Å²) in [7, 11) is 0. The summed E-state index contributed by atoms with van der Waals surface area (Å²) >= 11 is 0. The Balaban J connectivity index is 2.26. The molecule has 3 rings (SSSR count). The molecule has 1 fully saturated rings. The Morgan fingerprint density at radius 3 is 2.55 bits per heavy atom. The Morgan fingerprint density at radius 2 is 1.91 bits per heavy atom. The lowest BCUT2D eigenvalue weighted by Crippen LogP contribution is -2.52. The SMILES string of the molecule is CC1(C)C(=O)C(C#N)=C[C@]2(C)C3=CC(=O)C=C[C@]3(C)CCC12. The van der Waals surface area contributed by atoms with Crippen LogP contribution in [0.15, 0.2) is 35.5 Å². The van der Waals surface area contributed by atoms with Crippen molar-refractivity contribution in [1.82, 2.24) is 0 Å². The van der Waals surface area contributed by atoms with E-state index in [2.05, 4.69) is 19.9 Å². The summed E-state index contributed by atoms with van der Waals surface area (Å²) in [5, 5.41) is 9.37. The summed E-state index contributed by atoms with van der Waals surface area (Å²) in [5.74, 6) is 0.0403. The van der Waals surface area contributed by atoms with Crippen LogP contribution in [0.4, 0.5) is 0 Å². The van der Waals surface area contributed by atoms with E-state index in [9.17, 15) is 14.9 Å². The monoisotopic (exact) mass is 295 g/mol. The maximum absolute atomic E-state index is 12.6. The van der Waals surface area contributed by atoms with E-state index in [4.69, 9.17) is 0 Å². The minimum absolute atomic E-state index is 0.00374. The topological polar surface area (TPSA) is 57.9 Å². The molecule has 3 nitrogen and oxygen atoms in total. The number of carbonyl (C=O) groups is 2. The fourth-order valence-corrected chi connectivity index (χ4v) is 4.87. The third-order valence-electron chi connectivity index (χ3n) is 6.04. The average molecular weight is 295 g/mol. The molecule has 3 aliphatic rings. The first-order valence-corrected chi connectivity index (χ1v) is 7.79. The lowest BCUT2D eigenvalue weighted by Gasteiger charge is -2.56. The second kappa shape index (κ2) is 4.29. The van der Waals surface area contributed by atoms with Crippen molar-refractivity contribution in [3.8, 4) is 6.07 Å². The van der Waals surface area contributed by atoms with E-state index in [0.29, 0.717) is 0 Å². The predicted octanol–water partition coefficient (Wildman–Crippen LogP) is 3.53. The summed E-state index contributed by atoms with van der Waals surface area (Å²) < 4.78 is 0. The first-order valence-electron chi connectivity index (χ1n) is 7.79. The van der Waals surface area contributed by atoms with E-state index in [1.54, 1.807) is 12.2 Å². The van der Waals surface area contributed by atoms with Crippen molar-refractivity contribution < 1.29 is 9.59 Å². The van der Waals surface area contributed by atoms with Gasteiger partial charge in [-0.1, -0.05) is 39.8 Å². The van der Waals surface area contributed by atoms with Crippen LogP contribution >= 0.6 is 0 Å². The summed E-state index contributed by atoms with van der Waals surface area (Å²) in [5.41, 5.74) is 0.122. The fourth-order valence-electron chi connectivity index (χ4n) is 4.87. The maximum Gasteiger partial charge on any atom is 0.178 e. The van der Waals surface area contributed by atoms with Gasteiger partial charge in [-0.05, 0) is 36.5 Å². The largest absolute Gasteiger partial charge is 0.293 e. The van der Waals surface area contributed by atoms with Crippen molar-refractivity contribution in [2.45, 2.75) is 40.5 Å². The molecule has 0 bridgehead atoms. The molecule has 0 aliphatic heterocycles. The summed E-state index contributed by atoms with van der Waals surface area (Å²) in [6.45, 7) is 8.10. The van der Waals surface area contributed by atoms with Gasteiger partial charge >= 0.3 is 0 Å². The van der Waals surface area contributed by atoms with Gasteiger partial charge in [0, 0.05) is 16.2 Å². The van der Waals surface area contributed by atoms with Crippen LogP contribution in [0.2, 0.25) is 0 Å². The number of Topliss-reactive ketones (excluding diaryl/α,β-unsaturated/α-hetero) is 1. The van der Waals surface area contributed by atoms with E-state index >= 15 is 0 Å². The second-order valence-electron chi connectivity index (χ2n) is 7.81. The van der Waals surface area contributed by atoms with E-state index in [1.807, 2.05) is 26.0 Å². The molecule has 0 N–H and O–H groups in total. The zero-order valence-corrected chi connectivity index (χ0v) is 13.6. The lowest BCUT2D eigenvalue weighted by molar-refractivity contribution is -0.130. The molecule has 0 spiro atoms. The molecular formula is C19H21NO2. The second-order valence-corrected chi connectivity index (χ2v) is 7.81. The molecule has 3 aliphatic carbocycles. The van der Waals surface area contributed by atoms with Gasteiger partial charge in [-0.3, -0.25) is 9.59 Å². The summed E-state index contributed by atoms with van der Waals surface area (Å²) in [6, 6.07) is 2.07. The first kappa shape index (κ1) is 15.0. The van der Waals surface area contributed by atoms with Gasteiger partial charge in [0.15, 0.2) is 11.6 Å². The molecule has 0 aromatic heterocycles. The fraction of sp³-hybridized carbons (Fsp3) is 0.526. The maximum atomic E-state index is 12.6. The summed E-state index contributed by atoms with van der Waals surface area (Å²) in [4.78, 5) is 24.5. The minimum atomic E-state index is -0.582. The molecule has 114 valence electrons. The number of nitrogens with zero attached hydrogens (tertiary/aromatic N) is 1. The van der Waals surface area contributed by atoms with Crippen molar-refractivity contribution in [1.29, 1.82) is 5.26 Å². The highest BCUT2D eigenvalue weighted by molar-refractivity contribution is 6.05. The van der Waals surface area contributed by atoms with E-state index in [1.165, 1.54) is 0 Å². The van der Waals surface area contributed by atoms with Crippen LogP contribution in [0.5, 0.6) is 0 Å². The highest BCUT2D eigenvalue weighted by Gasteiger charge is 2.58. The number of nitriles is 1. The number of rotatable bonds is 0. The number of ketones is 2. The van der Waals surface area contributed by atoms with Gasteiger partial charge < -0.3 is 0 Å². The van der Waals surface area contributed by atoms with E-state index in [0.717, 1.165) is 18.4 Å². The highest BCUT2D eigenvalue weighted by Crippen LogP contribution is 2.62. The van der Waals surface area contributed by atoms with Crippen LogP contribution in [-0.2, 0) is 9.59 Å². The van der Waals surface area contributed by atoms with Gasteiger partial charge in [0.1, 0.15) is 6.07 Å². The van der Waals surface area contributed by atoms with E-state index < -0.39 is 10.8 Å². The zero-order chi connectivity index (χ0) is 16.3. The van der Waals surface area contributed by atoms with Crippen LogP contribution in [-0.4, -0.2) is 11.6 Å². The lowest BCUT2D eigenvalue weighted by atomic mass is 9.46. The van der Waals surface area contributed by atoms with Crippen LogP contribution in [0, 0.1) is 33.5 Å². The Kier molecular flexibility index (Phi) is 2.92. The van der Waals surface area contributed by atoms with E-state index in [-0.39, 0.29) is 28.5 Å². The third kappa shape index (κ3) is 1.73. The van der Waals surface area contributed by atoms with Crippen molar-refractivity contribution in [3.63, 3.8) is 0 Å². The smallest absolute Gasteiger partial charge is 0.178 e. The Morgan fingerprint density at radius 1 is 1.23 bits per heavy atom. The number of fused-ring (bicyclic) bond motifs is 3. The molecule has 3 heteroatoms. The standard InChI is InChI=1S/C19H21NO2/c1-17(2)14-6-8-18(3)7-5-13(21)9-15(18)19(14,4)10-12(11-20)16(17)22/h5,7,9-10,14H,6,8H2,1-4H3/t14?,18-,19+/m1/s1. The first-order chi connectivity index (χ1) is 10.1. The molecule has 0 aromatic rings. The van der Waals surface area contributed by atoms with Gasteiger partial charge in [-0.15, -0.1) is 0 Å². The molecule has 0 radical (unpaired) electrons. The van der Waals surface area contributed by atoms with Gasteiger partial charge in [0.05, 0.1) is 5.57 Å². The van der Waals surface area contributed by atoms with Crippen molar-refractivity contribution in [3.05, 3.63) is 35.5 Å². The molecular weight excluding hydrogens is 274 g/mol. The van der Waals surface area contributed by atoms with Crippen LogP contribution in [0.3, 0.4) is 0 Å². The minimum Gasteiger partial charge on any atom is -0.293 e. The Labute approximate surface area is 131 Å². The molecule has 0 heterocycles. The summed E-state index contributed by atoms with van der Waals surface area (Å²) in [6.07, 6.45) is 9.02. The normalized spacial score (nSPS) is 39.3. The van der Waals surface area contributed by atoms with Crippen molar-refractivity contribution >= 4 is 11.6 Å².